The van der Waals surface area contributed by atoms with E-state index >= 15 is 0 Å². The van der Waals surface area contributed by atoms with Gasteiger partial charge in [0.15, 0.2) is 5.34 Å². The Labute approximate surface area is 148 Å². The second-order valence-corrected chi connectivity index (χ2v) is 8.61. The first-order chi connectivity index (χ1) is 11.4. The minimum atomic E-state index is -4.48. The fourth-order valence-electron chi connectivity index (χ4n) is 2.84. The van der Waals surface area contributed by atoms with Crippen LogP contribution in [0.25, 0.3) is 0 Å². The van der Waals surface area contributed by atoms with Gasteiger partial charge in [-0.1, -0.05) is 34.6 Å². The molecule has 0 aromatic carbocycles. The molecule has 1 heterocycles. The predicted molar refractivity (Wildman–Crippen MR) is 95.9 cm³/mol. The molecule has 1 unspecified atom stereocenters. The highest BCUT2D eigenvalue weighted by Crippen LogP contribution is 2.59. The third kappa shape index (κ3) is 5.28. The number of rotatable bonds is 9. The molecule has 0 spiro atoms. The van der Waals surface area contributed by atoms with Crippen molar-refractivity contribution in [3.63, 3.8) is 0 Å². The Morgan fingerprint density at radius 1 is 1.12 bits per heavy atom. The number of nitrogens with two attached hydrogens (primary N) is 2. The summed E-state index contributed by atoms with van der Waals surface area (Å²) in [4.78, 5) is 27.4. The van der Waals surface area contributed by atoms with E-state index in [-0.39, 0.29) is 48.6 Å². The first-order valence-electron chi connectivity index (χ1n) is 8.12. The smallest absolute Gasteiger partial charge is 0.357 e. The number of anilines is 2. The summed E-state index contributed by atoms with van der Waals surface area (Å²) in [6, 6.07) is 1.45. The maximum atomic E-state index is 12.1. The summed E-state index contributed by atoms with van der Waals surface area (Å²) < 4.78 is 23.4. The van der Waals surface area contributed by atoms with Crippen LogP contribution in [0.15, 0.2) is 6.07 Å². The van der Waals surface area contributed by atoms with Crippen molar-refractivity contribution in [2.75, 3.05) is 24.7 Å². The van der Waals surface area contributed by atoms with E-state index in [1.807, 2.05) is 6.92 Å². The van der Waals surface area contributed by atoms with Crippen LogP contribution in [-0.4, -0.2) is 38.3 Å². The third-order valence-electron chi connectivity index (χ3n) is 3.96. The quantitative estimate of drug-likeness (QED) is 0.473. The molecule has 25 heavy (non-hydrogen) atoms. The van der Waals surface area contributed by atoms with E-state index in [0.717, 1.165) is 0 Å². The Morgan fingerprint density at radius 3 is 2.12 bits per heavy atom. The van der Waals surface area contributed by atoms with Crippen LogP contribution in [0.5, 0.6) is 5.88 Å². The molecule has 0 aliphatic carbocycles. The third-order valence-corrected chi connectivity index (χ3v) is 6.04. The summed E-state index contributed by atoms with van der Waals surface area (Å²) in [5, 5.41) is -1.54. The van der Waals surface area contributed by atoms with Gasteiger partial charge in [0.2, 0.25) is 11.8 Å². The van der Waals surface area contributed by atoms with Crippen LogP contribution >= 0.6 is 7.60 Å². The molecule has 0 aliphatic heterocycles. The summed E-state index contributed by atoms with van der Waals surface area (Å²) in [5.74, 6) is -0.400. The van der Waals surface area contributed by atoms with Crippen molar-refractivity contribution in [3.05, 3.63) is 6.07 Å². The number of nitrogen functional groups attached to an aromatic ring is 2. The Balaban J connectivity index is 2.75. The van der Waals surface area contributed by atoms with Crippen molar-refractivity contribution in [2.24, 2.45) is 17.8 Å². The second-order valence-electron chi connectivity index (χ2n) is 6.82. The number of hydrogen-bond donors (Lipinski definition) is 4. The highest BCUT2D eigenvalue weighted by molar-refractivity contribution is 7.53. The second kappa shape index (κ2) is 8.31. The molecular weight excluding hydrogens is 347 g/mol. The van der Waals surface area contributed by atoms with Gasteiger partial charge in [-0.3, -0.25) is 4.57 Å². The van der Waals surface area contributed by atoms with Gasteiger partial charge in [0.05, 0.1) is 13.2 Å². The van der Waals surface area contributed by atoms with Crippen molar-refractivity contribution in [1.29, 1.82) is 0 Å². The van der Waals surface area contributed by atoms with E-state index in [1.165, 1.54) is 6.07 Å². The van der Waals surface area contributed by atoms with Gasteiger partial charge in [-0.05, 0) is 11.8 Å². The molecule has 1 aromatic rings. The zero-order valence-corrected chi connectivity index (χ0v) is 16.2. The van der Waals surface area contributed by atoms with E-state index in [4.69, 9.17) is 20.9 Å². The number of hydrogen-bond acceptors (Lipinski definition) is 7. The standard InChI is InChI=1S/C15H29N4O5P/c1-9(2)15(10(3)4,25(20,21)22)24-8-11(5)7-23-13-6-12(16)18-14(17)19-13/h6,9-11H,7-8H2,1-5H3,(H2,20,21,22)(H4,16,17,18,19). The van der Waals surface area contributed by atoms with Gasteiger partial charge in [-0.15, -0.1) is 0 Å². The normalized spacial score (nSPS) is 14.1. The van der Waals surface area contributed by atoms with E-state index in [0.29, 0.717) is 0 Å². The van der Waals surface area contributed by atoms with Crippen molar-refractivity contribution < 1.29 is 23.8 Å². The summed E-state index contributed by atoms with van der Waals surface area (Å²) in [5.41, 5.74) is 11.1. The molecule has 9 nitrogen and oxygen atoms in total. The topological polar surface area (TPSA) is 154 Å². The van der Waals surface area contributed by atoms with Crippen LogP contribution in [0.4, 0.5) is 11.8 Å². The molecule has 0 amide bonds. The highest BCUT2D eigenvalue weighted by atomic mass is 31.2. The lowest BCUT2D eigenvalue weighted by atomic mass is 9.95. The van der Waals surface area contributed by atoms with E-state index < -0.39 is 12.9 Å². The summed E-state index contributed by atoms with van der Waals surface area (Å²) in [6.45, 7) is 9.17. The van der Waals surface area contributed by atoms with E-state index in [1.54, 1.807) is 27.7 Å². The minimum Gasteiger partial charge on any atom is -0.477 e. The lowest BCUT2D eigenvalue weighted by Gasteiger charge is -2.41. The van der Waals surface area contributed by atoms with Crippen molar-refractivity contribution in [1.82, 2.24) is 9.97 Å². The monoisotopic (exact) mass is 376 g/mol. The predicted octanol–water partition coefficient (Wildman–Crippen LogP) is 1.86. The van der Waals surface area contributed by atoms with Crippen LogP contribution in [0.3, 0.4) is 0 Å². The molecule has 0 saturated carbocycles. The lowest BCUT2D eigenvalue weighted by molar-refractivity contribution is -0.0769. The van der Waals surface area contributed by atoms with Crippen LogP contribution < -0.4 is 16.2 Å². The molecule has 0 fully saturated rings. The molecule has 0 aliphatic rings. The average Bonchev–Trinajstić information content (AvgIpc) is 2.42. The molecule has 144 valence electrons. The van der Waals surface area contributed by atoms with Gasteiger partial charge in [0.25, 0.3) is 0 Å². The Hall–Kier alpha value is -1.41. The van der Waals surface area contributed by atoms with Crippen LogP contribution in [0.1, 0.15) is 34.6 Å². The summed E-state index contributed by atoms with van der Waals surface area (Å²) >= 11 is 0. The molecule has 1 aromatic heterocycles. The van der Waals surface area contributed by atoms with Gasteiger partial charge < -0.3 is 30.7 Å². The van der Waals surface area contributed by atoms with Gasteiger partial charge in [0, 0.05) is 12.0 Å². The van der Waals surface area contributed by atoms with Crippen molar-refractivity contribution in [2.45, 2.75) is 40.0 Å². The Morgan fingerprint density at radius 2 is 1.68 bits per heavy atom. The molecule has 1 rings (SSSR count). The molecular formula is C15H29N4O5P. The van der Waals surface area contributed by atoms with Gasteiger partial charge in [0.1, 0.15) is 5.82 Å². The van der Waals surface area contributed by atoms with Crippen LogP contribution in [0.2, 0.25) is 0 Å². The molecule has 10 heteroatoms. The van der Waals surface area contributed by atoms with Crippen LogP contribution in [-0.2, 0) is 9.30 Å². The zero-order valence-electron chi connectivity index (χ0n) is 15.3. The van der Waals surface area contributed by atoms with Gasteiger partial charge in [-0.25, -0.2) is 0 Å². The SMILES string of the molecule is CC(COc1cc(N)nc(N)n1)COC(C(C)C)(C(C)C)P(=O)(O)O. The fraction of sp³-hybridized carbons (Fsp3) is 0.733. The highest BCUT2D eigenvalue weighted by Gasteiger charge is 2.53. The molecule has 6 N–H and O–H groups in total. The molecule has 0 bridgehead atoms. The summed E-state index contributed by atoms with van der Waals surface area (Å²) in [6.07, 6.45) is 0. The molecule has 1 atom stereocenters. The zero-order chi connectivity index (χ0) is 19.4. The Bertz CT molecular complexity index is 592. The summed E-state index contributed by atoms with van der Waals surface area (Å²) in [7, 11) is -4.48. The maximum absolute atomic E-state index is 12.1. The first-order valence-corrected chi connectivity index (χ1v) is 9.73. The lowest BCUT2D eigenvalue weighted by Crippen LogP contribution is -2.44. The molecule has 0 saturated heterocycles. The first kappa shape index (κ1) is 21.6. The molecule has 0 radical (unpaired) electrons. The Kier molecular flexibility index (Phi) is 7.19. The van der Waals surface area contributed by atoms with Gasteiger partial charge >= 0.3 is 7.60 Å². The van der Waals surface area contributed by atoms with Crippen molar-refractivity contribution in [3.8, 4) is 5.88 Å². The average molecular weight is 376 g/mol. The van der Waals surface area contributed by atoms with Gasteiger partial charge in [-0.2, -0.15) is 9.97 Å². The number of nitrogens with zero attached hydrogens (tertiary/aromatic N) is 2. The minimum absolute atomic E-state index is 0.0130. The largest absolute Gasteiger partial charge is 0.477 e. The maximum Gasteiger partial charge on any atom is 0.357 e. The fourth-order valence-corrected chi connectivity index (χ4v) is 4.43. The van der Waals surface area contributed by atoms with Crippen molar-refractivity contribution >= 4 is 19.4 Å². The van der Waals surface area contributed by atoms with E-state index in [2.05, 4.69) is 9.97 Å². The number of ether oxygens (including phenoxy) is 2. The van der Waals surface area contributed by atoms with Crippen LogP contribution in [0, 0.1) is 17.8 Å². The number of aromatic nitrogens is 2. The van der Waals surface area contributed by atoms with E-state index in [9.17, 15) is 14.4 Å².